The van der Waals surface area contributed by atoms with Gasteiger partial charge in [0.05, 0.1) is 12.5 Å². The van der Waals surface area contributed by atoms with Crippen LogP contribution in [0.5, 0.6) is 0 Å². The summed E-state index contributed by atoms with van der Waals surface area (Å²) >= 11 is 0. The van der Waals surface area contributed by atoms with Crippen LogP contribution >= 0.6 is 0 Å². The van der Waals surface area contributed by atoms with Gasteiger partial charge in [-0.1, -0.05) is 30.3 Å². The molecule has 0 aliphatic carbocycles. The van der Waals surface area contributed by atoms with Crippen LogP contribution in [-0.4, -0.2) is 20.6 Å². The van der Waals surface area contributed by atoms with E-state index in [1.165, 1.54) is 12.5 Å². The molecule has 0 fully saturated rings. The van der Waals surface area contributed by atoms with Crippen LogP contribution in [0.25, 0.3) is 0 Å². The molecule has 0 atom stereocenters. The summed E-state index contributed by atoms with van der Waals surface area (Å²) in [7, 11) is 0. The predicted octanol–water partition coefficient (Wildman–Crippen LogP) is 1.63. The molecule has 1 N–H and O–H groups in total. The lowest BCUT2D eigenvalue weighted by molar-refractivity contribution is 0.0685. The number of nitrogens with zero attached hydrogens (tertiary/aromatic N) is 2. The van der Waals surface area contributed by atoms with E-state index in [0.29, 0.717) is 6.54 Å². The van der Waals surface area contributed by atoms with Crippen molar-refractivity contribution in [1.29, 1.82) is 0 Å². The van der Waals surface area contributed by atoms with E-state index in [9.17, 15) is 4.79 Å². The summed E-state index contributed by atoms with van der Waals surface area (Å²) in [6.07, 6.45) is 2.88. The van der Waals surface area contributed by atoms with E-state index < -0.39 is 5.97 Å². The number of carbonyl (C=O) groups is 1. The van der Waals surface area contributed by atoms with Crippen molar-refractivity contribution in [3.05, 3.63) is 54.1 Å². The Labute approximate surface area is 86.8 Å². The number of hydrogen-bond donors (Lipinski definition) is 1. The average molecular weight is 202 g/mol. The van der Waals surface area contributed by atoms with E-state index in [0.717, 1.165) is 5.56 Å². The van der Waals surface area contributed by atoms with Crippen molar-refractivity contribution in [2.24, 2.45) is 0 Å². The van der Waals surface area contributed by atoms with Crippen molar-refractivity contribution in [1.82, 2.24) is 9.55 Å². The van der Waals surface area contributed by atoms with Crippen LogP contribution in [0.15, 0.2) is 42.9 Å². The van der Waals surface area contributed by atoms with Gasteiger partial charge in [-0.15, -0.1) is 0 Å². The van der Waals surface area contributed by atoms with Crippen molar-refractivity contribution in [2.75, 3.05) is 0 Å². The zero-order valence-electron chi connectivity index (χ0n) is 8.00. The third kappa shape index (κ3) is 2.04. The molecule has 0 saturated heterocycles. The first-order chi connectivity index (χ1) is 7.27. The molecule has 0 aliphatic rings. The maximum absolute atomic E-state index is 10.8. The van der Waals surface area contributed by atoms with Gasteiger partial charge >= 0.3 is 5.97 Å². The molecule has 0 amide bonds. The second-order valence-electron chi connectivity index (χ2n) is 3.20. The normalized spacial score (nSPS) is 10.1. The van der Waals surface area contributed by atoms with Crippen LogP contribution in [0.2, 0.25) is 0 Å². The molecule has 1 aromatic heterocycles. The number of carboxylic acid groups (broad SMARTS) is 1. The van der Waals surface area contributed by atoms with Gasteiger partial charge in [0.15, 0.2) is 0 Å². The van der Waals surface area contributed by atoms with Crippen LogP contribution in [0.4, 0.5) is 0 Å². The second kappa shape index (κ2) is 3.96. The van der Waals surface area contributed by atoms with E-state index in [4.69, 9.17) is 5.11 Å². The quantitative estimate of drug-likeness (QED) is 0.822. The predicted molar refractivity (Wildman–Crippen MR) is 54.7 cm³/mol. The van der Waals surface area contributed by atoms with Gasteiger partial charge < -0.3 is 9.67 Å². The van der Waals surface area contributed by atoms with Gasteiger partial charge in [0.1, 0.15) is 5.69 Å². The van der Waals surface area contributed by atoms with E-state index >= 15 is 0 Å². The standard InChI is InChI=1S/C11H10N2O2/c14-11(15)10-6-12-8-13(10)7-9-4-2-1-3-5-9/h1-6,8H,7H2,(H,14,15). The van der Waals surface area contributed by atoms with Crippen LogP contribution < -0.4 is 0 Å². The Morgan fingerprint density at radius 2 is 2.07 bits per heavy atom. The van der Waals surface area contributed by atoms with E-state index in [1.54, 1.807) is 4.57 Å². The molecule has 2 rings (SSSR count). The summed E-state index contributed by atoms with van der Waals surface area (Å²) in [4.78, 5) is 14.6. The minimum Gasteiger partial charge on any atom is -0.477 e. The topological polar surface area (TPSA) is 55.1 Å². The molecule has 4 nitrogen and oxygen atoms in total. The molecule has 15 heavy (non-hydrogen) atoms. The molecule has 1 aromatic carbocycles. The van der Waals surface area contributed by atoms with Gasteiger partial charge in [0.2, 0.25) is 0 Å². The van der Waals surface area contributed by atoms with Gasteiger partial charge in [0, 0.05) is 6.54 Å². The Hall–Kier alpha value is -2.10. The molecule has 1 heterocycles. The van der Waals surface area contributed by atoms with Gasteiger partial charge in [-0.05, 0) is 5.56 Å². The minimum atomic E-state index is -0.955. The molecule has 76 valence electrons. The molecule has 0 spiro atoms. The zero-order chi connectivity index (χ0) is 10.7. The number of benzene rings is 1. The third-order valence-electron chi connectivity index (χ3n) is 2.13. The van der Waals surface area contributed by atoms with Crippen molar-refractivity contribution in [3.63, 3.8) is 0 Å². The Bertz CT molecular complexity index is 462. The largest absolute Gasteiger partial charge is 0.477 e. The van der Waals surface area contributed by atoms with Crippen molar-refractivity contribution in [2.45, 2.75) is 6.54 Å². The van der Waals surface area contributed by atoms with Crippen LogP contribution in [0.3, 0.4) is 0 Å². The van der Waals surface area contributed by atoms with Crippen molar-refractivity contribution in [3.8, 4) is 0 Å². The molecule has 4 heteroatoms. The number of rotatable bonds is 3. The van der Waals surface area contributed by atoms with Crippen LogP contribution in [-0.2, 0) is 6.54 Å². The Kier molecular flexibility index (Phi) is 2.49. The summed E-state index contributed by atoms with van der Waals surface area (Å²) in [5, 5.41) is 8.87. The molecule has 2 aromatic rings. The maximum Gasteiger partial charge on any atom is 0.354 e. The lowest BCUT2D eigenvalue weighted by Crippen LogP contribution is -2.08. The number of hydrogen-bond acceptors (Lipinski definition) is 2. The molecule has 0 saturated carbocycles. The van der Waals surface area contributed by atoms with E-state index in [1.807, 2.05) is 30.3 Å². The number of aromatic nitrogens is 2. The molecule has 0 radical (unpaired) electrons. The third-order valence-corrected chi connectivity index (χ3v) is 2.13. The second-order valence-corrected chi connectivity index (χ2v) is 3.20. The van der Waals surface area contributed by atoms with Crippen molar-refractivity contribution >= 4 is 5.97 Å². The summed E-state index contributed by atoms with van der Waals surface area (Å²) < 4.78 is 1.61. The Morgan fingerprint density at radius 1 is 1.33 bits per heavy atom. The minimum absolute atomic E-state index is 0.207. The maximum atomic E-state index is 10.8. The lowest BCUT2D eigenvalue weighted by atomic mass is 10.2. The fourth-order valence-corrected chi connectivity index (χ4v) is 1.40. The highest BCUT2D eigenvalue weighted by atomic mass is 16.4. The molecular formula is C11H10N2O2. The van der Waals surface area contributed by atoms with Gasteiger partial charge in [-0.25, -0.2) is 9.78 Å². The van der Waals surface area contributed by atoms with Crippen LogP contribution in [0, 0.1) is 0 Å². The summed E-state index contributed by atoms with van der Waals surface area (Å²) in [5.41, 5.74) is 1.26. The van der Waals surface area contributed by atoms with Gasteiger partial charge in [-0.2, -0.15) is 0 Å². The highest BCUT2D eigenvalue weighted by Crippen LogP contribution is 2.05. The van der Waals surface area contributed by atoms with Gasteiger partial charge in [0.25, 0.3) is 0 Å². The number of imidazole rings is 1. The summed E-state index contributed by atoms with van der Waals surface area (Å²) in [5.74, 6) is -0.955. The zero-order valence-corrected chi connectivity index (χ0v) is 8.00. The average Bonchev–Trinajstić information content (AvgIpc) is 2.67. The highest BCUT2D eigenvalue weighted by Gasteiger charge is 2.09. The first kappa shape index (κ1) is 9.45. The molecule has 0 bridgehead atoms. The fraction of sp³-hybridized carbons (Fsp3) is 0.0909. The summed E-state index contributed by atoms with van der Waals surface area (Å²) in [6, 6.07) is 9.67. The molecule has 0 unspecified atom stereocenters. The molecular weight excluding hydrogens is 192 g/mol. The fourth-order valence-electron chi connectivity index (χ4n) is 1.40. The summed E-state index contributed by atoms with van der Waals surface area (Å²) in [6.45, 7) is 0.530. The lowest BCUT2D eigenvalue weighted by Gasteiger charge is -2.04. The molecule has 0 aliphatic heterocycles. The SMILES string of the molecule is O=C(O)c1cncn1Cc1ccccc1. The number of carboxylic acids is 1. The first-order valence-electron chi connectivity index (χ1n) is 4.55. The van der Waals surface area contributed by atoms with Crippen LogP contribution in [0.1, 0.15) is 16.1 Å². The Balaban J connectivity index is 2.25. The highest BCUT2D eigenvalue weighted by molar-refractivity contribution is 5.85. The smallest absolute Gasteiger partial charge is 0.354 e. The van der Waals surface area contributed by atoms with E-state index in [-0.39, 0.29) is 5.69 Å². The Morgan fingerprint density at radius 3 is 2.73 bits per heavy atom. The monoisotopic (exact) mass is 202 g/mol. The van der Waals surface area contributed by atoms with Gasteiger partial charge in [-0.3, -0.25) is 0 Å². The van der Waals surface area contributed by atoms with Crippen molar-refractivity contribution < 1.29 is 9.90 Å². The number of aromatic carboxylic acids is 1. The van der Waals surface area contributed by atoms with E-state index in [2.05, 4.69) is 4.98 Å². The first-order valence-corrected chi connectivity index (χ1v) is 4.55.